The number of hydrogen-bond donors (Lipinski definition) is 0. The Labute approximate surface area is 133 Å². The van der Waals surface area contributed by atoms with E-state index in [1.165, 1.54) is 0 Å². The van der Waals surface area contributed by atoms with Crippen LogP contribution in [0.15, 0.2) is 34.9 Å². The molecule has 0 aliphatic carbocycles. The maximum Gasteiger partial charge on any atom is 0.228 e. The first-order valence-corrected chi connectivity index (χ1v) is 7.75. The number of carbonyl (C=O) groups excluding carboxylic acids is 1. The van der Waals surface area contributed by atoms with Crippen LogP contribution in [0.2, 0.25) is 0 Å². The summed E-state index contributed by atoms with van der Waals surface area (Å²) < 4.78 is 7.27. The summed E-state index contributed by atoms with van der Waals surface area (Å²) in [5.41, 5.74) is 3.59. The van der Waals surface area contributed by atoms with Gasteiger partial charge in [0.25, 0.3) is 0 Å². The van der Waals surface area contributed by atoms with Crippen molar-refractivity contribution in [3.8, 4) is 0 Å². The fourth-order valence-corrected chi connectivity index (χ4v) is 3.15. The number of fused-ring (bicyclic) bond motifs is 1. The molecule has 0 radical (unpaired) electrons. The van der Waals surface area contributed by atoms with E-state index >= 15 is 0 Å². The minimum atomic E-state index is 0.0850. The topological polar surface area (TPSA) is 64.2 Å². The Morgan fingerprint density at radius 2 is 2.09 bits per heavy atom. The zero-order valence-electron chi connectivity index (χ0n) is 13.2. The van der Waals surface area contributed by atoms with Crippen LogP contribution in [0.1, 0.15) is 23.1 Å². The molecule has 118 valence electrons. The Balaban J connectivity index is 1.43. The molecule has 4 rings (SSSR count). The van der Waals surface area contributed by atoms with Crippen LogP contribution in [0, 0.1) is 13.8 Å². The Morgan fingerprint density at radius 3 is 2.83 bits per heavy atom. The van der Waals surface area contributed by atoms with Crippen LogP contribution >= 0.6 is 0 Å². The van der Waals surface area contributed by atoms with Gasteiger partial charge in [0.05, 0.1) is 18.2 Å². The molecule has 0 N–H and O–H groups in total. The van der Waals surface area contributed by atoms with Gasteiger partial charge in [-0.2, -0.15) is 5.10 Å². The predicted molar refractivity (Wildman–Crippen MR) is 85.0 cm³/mol. The second kappa shape index (κ2) is 5.22. The highest BCUT2D eigenvalue weighted by Crippen LogP contribution is 2.25. The predicted octanol–water partition coefficient (Wildman–Crippen LogP) is 2.27. The van der Waals surface area contributed by atoms with E-state index in [4.69, 9.17) is 4.52 Å². The Hall–Kier alpha value is -2.63. The minimum absolute atomic E-state index is 0.0850. The third kappa shape index (κ3) is 2.40. The van der Waals surface area contributed by atoms with Crippen molar-refractivity contribution < 1.29 is 9.32 Å². The van der Waals surface area contributed by atoms with E-state index in [0.29, 0.717) is 18.8 Å². The molecule has 1 aromatic carbocycles. The van der Waals surface area contributed by atoms with E-state index in [-0.39, 0.29) is 18.4 Å². The van der Waals surface area contributed by atoms with E-state index in [9.17, 15) is 4.79 Å². The lowest BCUT2D eigenvalue weighted by Gasteiger charge is -2.39. The minimum Gasteiger partial charge on any atom is -0.356 e. The molecule has 2 aromatic heterocycles. The van der Waals surface area contributed by atoms with E-state index in [1.54, 1.807) is 0 Å². The van der Waals surface area contributed by atoms with Gasteiger partial charge >= 0.3 is 0 Å². The first-order chi connectivity index (χ1) is 11.1. The van der Waals surface area contributed by atoms with E-state index < -0.39 is 0 Å². The zero-order valence-corrected chi connectivity index (χ0v) is 13.2. The van der Waals surface area contributed by atoms with Crippen LogP contribution < -0.4 is 0 Å². The van der Waals surface area contributed by atoms with Gasteiger partial charge in [0, 0.05) is 24.2 Å². The fraction of sp³-hybridized carbons (Fsp3) is 0.353. The molecule has 6 nitrogen and oxygen atoms in total. The summed E-state index contributed by atoms with van der Waals surface area (Å²) in [6.07, 6.45) is 0.279. The number of rotatable bonds is 3. The average Bonchev–Trinajstić information content (AvgIpc) is 3.02. The van der Waals surface area contributed by atoms with Gasteiger partial charge < -0.3 is 9.42 Å². The number of nitrogens with zero attached hydrogens (tertiary/aromatic N) is 4. The lowest BCUT2D eigenvalue weighted by Crippen LogP contribution is -2.51. The summed E-state index contributed by atoms with van der Waals surface area (Å²) in [4.78, 5) is 14.3. The van der Waals surface area contributed by atoms with Crippen LogP contribution in [-0.2, 0) is 11.2 Å². The number of amides is 1. The van der Waals surface area contributed by atoms with Crippen molar-refractivity contribution in [2.45, 2.75) is 26.3 Å². The SMILES string of the molecule is Cc1cc(C)n(C2CN(C(=O)Cc3noc4ccccc34)C2)n1. The van der Waals surface area contributed by atoms with Crippen molar-refractivity contribution >= 4 is 16.9 Å². The molecule has 0 saturated carbocycles. The number of para-hydroxylation sites is 1. The van der Waals surface area contributed by atoms with Gasteiger partial charge in [0.2, 0.25) is 5.91 Å². The maximum atomic E-state index is 12.4. The van der Waals surface area contributed by atoms with Crippen LogP contribution in [0.4, 0.5) is 0 Å². The Kier molecular flexibility index (Phi) is 3.18. The number of aryl methyl sites for hydroxylation is 2. The van der Waals surface area contributed by atoms with Crippen molar-refractivity contribution in [1.82, 2.24) is 19.8 Å². The highest BCUT2D eigenvalue weighted by atomic mass is 16.5. The molecule has 6 heteroatoms. The van der Waals surface area contributed by atoms with Gasteiger partial charge in [-0.25, -0.2) is 0 Å². The van der Waals surface area contributed by atoms with Gasteiger partial charge in [0.15, 0.2) is 5.58 Å². The van der Waals surface area contributed by atoms with Gasteiger partial charge in [-0.15, -0.1) is 0 Å². The molecule has 0 unspecified atom stereocenters. The van der Waals surface area contributed by atoms with E-state index in [2.05, 4.69) is 16.3 Å². The average molecular weight is 310 g/mol. The number of aromatic nitrogens is 3. The molecule has 0 bridgehead atoms. The molecule has 0 atom stereocenters. The summed E-state index contributed by atoms with van der Waals surface area (Å²) in [5, 5.41) is 9.44. The van der Waals surface area contributed by atoms with Crippen LogP contribution in [-0.4, -0.2) is 38.8 Å². The second-order valence-electron chi connectivity index (χ2n) is 6.13. The van der Waals surface area contributed by atoms with Crippen molar-refractivity contribution in [2.75, 3.05) is 13.1 Å². The summed E-state index contributed by atoms with van der Waals surface area (Å²) in [6, 6.07) is 9.96. The number of benzene rings is 1. The summed E-state index contributed by atoms with van der Waals surface area (Å²) >= 11 is 0. The molecule has 1 saturated heterocycles. The summed E-state index contributed by atoms with van der Waals surface area (Å²) in [7, 11) is 0. The Bertz CT molecular complexity index is 874. The molecule has 1 aliphatic rings. The van der Waals surface area contributed by atoms with Crippen molar-refractivity contribution in [3.63, 3.8) is 0 Å². The van der Waals surface area contributed by atoms with Crippen molar-refractivity contribution in [3.05, 3.63) is 47.4 Å². The quantitative estimate of drug-likeness (QED) is 0.744. The lowest BCUT2D eigenvalue weighted by molar-refractivity contribution is -0.136. The summed E-state index contributed by atoms with van der Waals surface area (Å²) in [5.74, 6) is 0.0850. The molecule has 0 spiro atoms. The van der Waals surface area contributed by atoms with E-state index in [1.807, 2.05) is 47.7 Å². The molecule has 1 fully saturated rings. The van der Waals surface area contributed by atoms with Crippen LogP contribution in [0.3, 0.4) is 0 Å². The highest BCUT2D eigenvalue weighted by Gasteiger charge is 2.33. The normalized spacial score (nSPS) is 15.1. The van der Waals surface area contributed by atoms with Crippen LogP contribution in [0.25, 0.3) is 11.0 Å². The zero-order chi connectivity index (χ0) is 16.0. The molecule has 1 amide bonds. The van der Waals surface area contributed by atoms with Gasteiger partial charge in [-0.3, -0.25) is 9.48 Å². The molecule has 3 aromatic rings. The molecular weight excluding hydrogens is 292 g/mol. The maximum absolute atomic E-state index is 12.4. The first-order valence-electron chi connectivity index (χ1n) is 7.75. The largest absolute Gasteiger partial charge is 0.356 e. The smallest absolute Gasteiger partial charge is 0.228 e. The van der Waals surface area contributed by atoms with Gasteiger partial charge in [-0.05, 0) is 32.0 Å². The highest BCUT2D eigenvalue weighted by molar-refractivity contribution is 5.86. The van der Waals surface area contributed by atoms with Crippen LogP contribution in [0.5, 0.6) is 0 Å². The molecule has 1 aliphatic heterocycles. The third-order valence-corrected chi connectivity index (χ3v) is 4.38. The Morgan fingerprint density at radius 1 is 1.30 bits per heavy atom. The molecular formula is C17H18N4O2. The third-order valence-electron chi connectivity index (χ3n) is 4.38. The lowest BCUT2D eigenvalue weighted by atomic mass is 10.1. The fourth-order valence-electron chi connectivity index (χ4n) is 3.15. The number of hydrogen-bond acceptors (Lipinski definition) is 4. The number of carbonyl (C=O) groups is 1. The first kappa shape index (κ1) is 14.0. The monoisotopic (exact) mass is 310 g/mol. The van der Waals surface area contributed by atoms with Gasteiger partial charge in [0.1, 0.15) is 5.69 Å². The van der Waals surface area contributed by atoms with Crippen molar-refractivity contribution in [1.29, 1.82) is 0 Å². The van der Waals surface area contributed by atoms with Crippen molar-refractivity contribution in [2.24, 2.45) is 0 Å². The summed E-state index contributed by atoms with van der Waals surface area (Å²) in [6.45, 7) is 5.44. The standard InChI is InChI=1S/C17H18N4O2/c1-11-7-12(2)21(18-11)13-9-20(10-13)17(22)8-15-14-5-3-4-6-16(14)23-19-15/h3-7,13H,8-10H2,1-2H3. The number of likely N-dealkylation sites (tertiary alicyclic amines) is 1. The molecule has 23 heavy (non-hydrogen) atoms. The van der Waals surface area contributed by atoms with Gasteiger partial charge in [-0.1, -0.05) is 17.3 Å². The van der Waals surface area contributed by atoms with E-state index in [0.717, 1.165) is 22.4 Å². The second-order valence-corrected chi connectivity index (χ2v) is 6.13. The molecule has 3 heterocycles.